The highest BCUT2D eigenvalue weighted by Gasteiger charge is 2.07. The Hall–Kier alpha value is -3.16. The van der Waals surface area contributed by atoms with Gasteiger partial charge in [0, 0.05) is 0 Å². The summed E-state index contributed by atoms with van der Waals surface area (Å²) in [6.45, 7) is 4.29. The molecule has 0 heterocycles. The molecule has 7 nitrogen and oxygen atoms in total. The third kappa shape index (κ3) is 9.93. The summed E-state index contributed by atoms with van der Waals surface area (Å²) in [6.07, 6.45) is 5.13. The van der Waals surface area contributed by atoms with Crippen LogP contribution >= 0.6 is 0 Å². The van der Waals surface area contributed by atoms with E-state index < -0.39 is 12.2 Å². The second-order valence-corrected chi connectivity index (χ2v) is 6.58. The van der Waals surface area contributed by atoms with Gasteiger partial charge in [0.1, 0.15) is 61.6 Å². The molecule has 7 heteroatoms. The SMILES string of the molecule is CC=COCC(O)COc1ccc(Oc2ccc(OCC(O)COC=CC)cc2)cc1. The van der Waals surface area contributed by atoms with Gasteiger partial charge >= 0.3 is 0 Å². The molecule has 0 saturated carbocycles. The van der Waals surface area contributed by atoms with Crippen LogP contribution in [0.1, 0.15) is 13.8 Å². The molecule has 2 rings (SSSR count). The highest BCUT2D eigenvalue weighted by Crippen LogP contribution is 2.25. The number of aliphatic hydroxyl groups is 2. The molecular weight excluding hydrogens is 400 g/mol. The molecule has 2 unspecified atom stereocenters. The van der Waals surface area contributed by atoms with Crippen LogP contribution in [0, 0.1) is 0 Å². The molecule has 0 amide bonds. The lowest BCUT2D eigenvalue weighted by Crippen LogP contribution is -2.22. The first kappa shape index (κ1) is 24.1. The van der Waals surface area contributed by atoms with Crippen LogP contribution in [0.15, 0.2) is 73.2 Å². The topological polar surface area (TPSA) is 86.6 Å². The predicted octanol–water partition coefficient (Wildman–Crippen LogP) is 4.06. The van der Waals surface area contributed by atoms with Crippen molar-refractivity contribution >= 4 is 0 Å². The second kappa shape index (κ2) is 14.0. The first-order chi connectivity index (χ1) is 15.1. The summed E-state index contributed by atoms with van der Waals surface area (Å²) in [5, 5.41) is 19.6. The highest BCUT2D eigenvalue weighted by molar-refractivity contribution is 5.37. The van der Waals surface area contributed by atoms with E-state index in [0.29, 0.717) is 23.0 Å². The van der Waals surface area contributed by atoms with Crippen molar-refractivity contribution in [3.05, 3.63) is 73.2 Å². The molecule has 2 aromatic carbocycles. The third-order valence-electron chi connectivity index (χ3n) is 3.81. The highest BCUT2D eigenvalue weighted by atomic mass is 16.5. The molecule has 0 aliphatic carbocycles. The molecule has 0 radical (unpaired) electrons. The van der Waals surface area contributed by atoms with Gasteiger partial charge in [0.15, 0.2) is 0 Å². The van der Waals surface area contributed by atoms with E-state index in [1.54, 1.807) is 60.7 Å². The quantitative estimate of drug-likeness (QED) is 0.437. The average Bonchev–Trinajstić information content (AvgIpc) is 2.78. The number of ether oxygens (including phenoxy) is 5. The first-order valence-electron chi connectivity index (χ1n) is 10.1. The molecule has 2 aromatic rings. The van der Waals surface area contributed by atoms with Gasteiger partial charge in [-0.3, -0.25) is 0 Å². The first-order valence-corrected chi connectivity index (χ1v) is 10.1. The average molecular weight is 430 g/mol. The van der Waals surface area contributed by atoms with Crippen molar-refractivity contribution in [2.45, 2.75) is 26.1 Å². The zero-order valence-corrected chi connectivity index (χ0v) is 17.8. The van der Waals surface area contributed by atoms with Crippen LogP contribution < -0.4 is 14.2 Å². The van der Waals surface area contributed by atoms with Crippen LogP contribution in [0.5, 0.6) is 23.0 Å². The standard InChI is InChI=1S/C24H30O7/c1-3-13-27-15-19(25)17-29-21-5-9-23(10-6-21)31-24-11-7-22(8-12-24)30-18-20(26)16-28-14-4-2/h3-14,19-20,25-26H,15-18H2,1-2H3. The molecule has 0 bridgehead atoms. The van der Waals surface area contributed by atoms with E-state index in [4.69, 9.17) is 23.7 Å². The molecule has 0 aliphatic rings. The number of rotatable bonds is 14. The largest absolute Gasteiger partial charge is 0.499 e. The van der Waals surface area contributed by atoms with E-state index in [1.807, 2.05) is 13.8 Å². The van der Waals surface area contributed by atoms with Gasteiger partial charge in [-0.2, -0.15) is 0 Å². The smallest absolute Gasteiger partial charge is 0.127 e. The van der Waals surface area contributed by atoms with Gasteiger partial charge in [-0.25, -0.2) is 0 Å². The minimum Gasteiger partial charge on any atom is -0.499 e. The molecule has 0 spiro atoms. The Morgan fingerprint density at radius 2 is 0.968 bits per heavy atom. The monoisotopic (exact) mass is 430 g/mol. The summed E-state index contributed by atoms with van der Waals surface area (Å²) < 4.78 is 27.1. The summed E-state index contributed by atoms with van der Waals surface area (Å²) in [7, 11) is 0. The fraction of sp³-hybridized carbons (Fsp3) is 0.333. The van der Waals surface area contributed by atoms with Gasteiger partial charge in [-0.05, 0) is 62.4 Å². The maximum absolute atomic E-state index is 9.78. The molecule has 2 N–H and O–H groups in total. The van der Waals surface area contributed by atoms with Gasteiger partial charge in [0.2, 0.25) is 0 Å². The van der Waals surface area contributed by atoms with E-state index in [-0.39, 0.29) is 26.4 Å². The number of hydrogen-bond acceptors (Lipinski definition) is 7. The van der Waals surface area contributed by atoms with Crippen molar-refractivity contribution in [2.75, 3.05) is 26.4 Å². The predicted molar refractivity (Wildman–Crippen MR) is 117 cm³/mol. The van der Waals surface area contributed by atoms with Crippen LogP contribution in [0.4, 0.5) is 0 Å². The molecule has 0 fully saturated rings. The van der Waals surface area contributed by atoms with Crippen molar-refractivity contribution in [3.8, 4) is 23.0 Å². The van der Waals surface area contributed by atoms with Gasteiger partial charge in [0.25, 0.3) is 0 Å². The summed E-state index contributed by atoms with van der Waals surface area (Å²) in [4.78, 5) is 0. The summed E-state index contributed by atoms with van der Waals surface area (Å²) in [6, 6.07) is 14.2. The molecular formula is C24H30O7. The molecule has 168 valence electrons. The summed E-state index contributed by atoms with van der Waals surface area (Å²) in [5.74, 6) is 2.54. The van der Waals surface area contributed by atoms with Gasteiger partial charge in [-0.15, -0.1) is 0 Å². The van der Waals surface area contributed by atoms with Crippen molar-refractivity contribution in [3.63, 3.8) is 0 Å². The van der Waals surface area contributed by atoms with Crippen LogP contribution in [0.25, 0.3) is 0 Å². The van der Waals surface area contributed by atoms with E-state index in [9.17, 15) is 10.2 Å². The number of allylic oxidation sites excluding steroid dienone is 2. The minimum atomic E-state index is -0.713. The fourth-order valence-corrected chi connectivity index (χ4v) is 2.35. The van der Waals surface area contributed by atoms with E-state index in [0.717, 1.165) is 0 Å². The number of aliphatic hydroxyl groups excluding tert-OH is 2. The summed E-state index contributed by atoms with van der Waals surface area (Å²) in [5.41, 5.74) is 0. The lowest BCUT2D eigenvalue weighted by molar-refractivity contribution is 0.0463. The Bertz CT molecular complexity index is 717. The zero-order chi connectivity index (χ0) is 22.3. The van der Waals surface area contributed by atoms with Crippen LogP contribution in [-0.4, -0.2) is 48.8 Å². The molecule has 0 aliphatic heterocycles. The number of benzene rings is 2. The van der Waals surface area contributed by atoms with Crippen molar-refractivity contribution < 1.29 is 33.9 Å². The van der Waals surface area contributed by atoms with E-state index >= 15 is 0 Å². The Morgan fingerprint density at radius 1 is 0.613 bits per heavy atom. The van der Waals surface area contributed by atoms with Crippen molar-refractivity contribution in [2.24, 2.45) is 0 Å². The van der Waals surface area contributed by atoms with Crippen molar-refractivity contribution in [1.29, 1.82) is 0 Å². The van der Waals surface area contributed by atoms with Gasteiger partial charge < -0.3 is 33.9 Å². The van der Waals surface area contributed by atoms with Crippen LogP contribution in [0.3, 0.4) is 0 Å². The Balaban J connectivity index is 1.74. The minimum absolute atomic E-state index is 0.134. The molecule has 0 saturated heterocycles. The van der Waals surface area contributed by atoms with Gasteiger partial charge in [-0.1, -0.05) is 12.2 Å². The lowest BCUT2D eigenvalue weighted by Gasteiger charge is -2.13. The normalized spacial score (nSPS) is 13.2. The molecule has 2 atom stereocenters. The number of hydrogen-bond donors (Lipinski definition) is 2. The fourth-order valence-electron chi connectivity index (χ4n) is 2.35. The maximum Gasteiger partial charge on any atom is 0.127 e. The Labute approximate surface area is 183 Å². The zero-order valence-electron chi connectivity index (χ0n) is 17.8. The van der Waals surface area contributed by atoms with Crippen LogP contribution in [-0.2, 0) is 9.47 Å². The molecule has 0 aromatic heterocycles. The van der Waals surface area contributed by atoms with E-state index in [2.05, 4.69) is 0 Å². The Morgan fingerprint density at radius 3 is 1.32 bits per heavy atom. The Kier molecular flexibility index (Phi) is 10.9. The second-order valence-electron chi connectivity index (χ2n) is 6.58. The molecule has 31 heavy (non-hydrogen) atoms. The van der Waals surface area contributed by atoms with E-state index in [1.165, 1.54) is 12.5 Å². The lowest BCUT2D eigenvalue weighted by atomic mass is 10.3. The van der Waals surface area contributed by atoms with Gasteiger partial charge in [0.05, 0.1) is 12.5 Å². The maximum atomic E-state index is 9.78. The third-order valence-corrected chi connectivity index (χ3v) is 3.81. The van der Waals surface area contributed by atoms with Crippen LogP contribution in [0.2, 0.25) is 0 Å². The summed E-state index contributed by atoms with van der Waals surface area (Å²) >= 11 is 0. The van der Waals surface area contributed by atoms with Crippen molar-refractivity contribution in [1.82, 2.24) is 0 Å².